The molecule has 0 atom stereocenters. The van der Waals surface area contributed by atoms with Crippen LogP contribution in [0.4, 0.5) is 4.79 Å². The first-order valence-corrected chi connectivity index (χ1v) is 8.97. The van der Waals surface area contributed by atoms with Gasteiger partial charge in [0.25, 0.3) is 5.91 Å². The average molecular weight is 326 g/mol. The van der Waals surface area contributed by atoms with Gasteiger partial charge in [-0.2, -0.15) is 0 Å². The molecule has 0 unspecified atom stereocenters. The molecule has 2 amide bonds. The molecule has 0 fully saturated rings. The van der Waals surface area contributed by atoms with Gasteiger partial charge in [-0.05, 0) is 25.7 Å². The summed E-state index contributed by atoms with van der Waals surface area (Å²) in [7, 11) is 1.51. The molecular weight excluding hydrogens is 292 g/mol. The van der Waals surface area contributed by atoms with E-state index in [1.807, 2.05) is 0 Å². The molecule has 0 rings (SSSR count). The van der Waals surface area contributed by atoms with Crippen molar-refractivity contribution >= 4 is 12.0 Å². The number of nitrogens with one attached hydrogen (secondary N) is 2. The van der Waals surface area contributed by atoms with Crippen LogP contribution in [0, 0.1) is 0 Å². The van der Waals surface area contributed by atoms with E-state index in [0.717, 1.165) is 19.3 Å². The SMILES string of the molecule is CCC=CCCCCCCCCCCNC(=O)OCC(=O)NC. The summed E-state index contributed by atoms with van der Waals surface area (Å²) in [4.78, 5) is 22.1. The number of carbonyl (C=O) groups is 2. The quantitative estimate of drug-likeness (QED) is 0.375. The lowest BCUT2D eigenvalue weighted by Crippen LogP contribution is -2.30. The molecule has 2 N–H and O–H groups in total. The topological polar surface area (TPSA) is 67.4 Å². The van der Waals surface area contributed by atoms with Crippen LogP contribution in [-0.4, -0.2) is 32.2 Å². The smallest absolute Gasteiger partial charge is 0.407 e. The van der Waals surface area contributed by atoms with Gasteiger partial charge in [0.15, 0.2) is 6.61 Å². The molecule has 0 aliphatic heterocycles. The molecule has 0 aliphatic rings. The van der Waals surface area contributed by atoms with Crippen LogP contribution in [0.3, 0.4) is 0 Å². The molecule has 0 aromatic carbocycles. The highest BCUT2D eigenvalue weighted by molar-refractivity contribution is 5.79. The zero-order valence-corrected chi connectivity index (χ0v) is 14.9. The maximum absolute atomic E-state index is 11.2. The Labute approximate surface area is 141 Å². The Hall–Kier alpha value is -1.52. The fraction of sp³-hybridized carbons (Fsp3) is 0.778. The van der Waals surface area contributed by atoms with Crippen LogP contribution in [0.15, 0.2) is 12.2 Å². The molecule has 0 aromatic heterocycles. The second kappa shape index (κ2) is 16.8. The van der Waals surface area contributed by atoms with Gasteiger partial charge in [-0.15, -0.1) is 0 Å². The first-order valence-electron chi connectivity index (χ1n) is 8.97. The van der Waals surface area contributed by atoms with Crippen molar-refractivity contribution in [3.63, 3.8) is 0 Å². The van der Waals surface area contributed by atoms with Gasteiger partial charge >= 0.3 is 6.09 Å². The van der Waals surface area contributed by atoms with Gasteiger partial charge in [0.1, 0.15) is 0 Å². The Kier molecular flexibility index (Phi) is 15.7. The molecule has 5 heteroatoms. The number of alkyl carbamates (subject to hydrolysis) is 1. The van der Waals surface area contributed by atoms with Gasteiger partial charge in [0.05, 0.1) is 0 Å². The number of ether oxygens (including phenoxy) is 1. The van der Waals surface area contributed by atoms with Gasteiger partial charge in [-0.25, -0.2) is 4.79 Å². The summed E-state index contributed by atoms with van der Waals surface area (Å²) in [6.45, 7) is 2.55. The minimum absolute atomic E-state index is 0.226. The third-order valence-electron chi connectivity index (χ3n) is 3.58. The van der Waals surface area contributed by atoms with E-state index in [4.69, 9.17) is 4.74 Å². The lowest BCUT2D eigenvalue weighted by Gasteiger charge is -2.06. The van der Waals surface area contributed by atoms with E-state index in [2.05, 4.69) is 29.7 Å². The van der Waals surface area contributed by atoms with E-state index in [1.54, 1.807) is 0 Å². The van der Waals surface area contributed by atoms with Gasteiger partial charge in [0.2, 0.25) is 0 Å². The number of unbranched alkanes of at least 4 members (excludes halogenated alkanes) is 8. The van der Waals surface area contributed by atoms with E-state index < -0.39 is 6.09 Å². The van der Waals surface area contributed by atoms with E-state index in [0.29, 0.717) is 6.54 Å². The van der Waals surface area contributed by atoms with Crippen LogP contribution < -0.4 is 10.6 Å². The molecule has 0 aromatic rings. The number of carbonyl (C=O) groups excluding carboxylic acids is 2. The summed E-state index contributed by atoms with van der Waals surface area (Å²) in [6, 6.07) is 0. The fourth-order valence-corrected chi connectivity index (χ4v) is 2.18. The number of hydrogen-bond donors (Lipinski definition) is 2. The van der Waals surface area contributed by atoms with Crippen LogP contribution in [0.2, 0.25) is 0 Å². The zero-order chi connectivity index (χ0) is 17.2. The molecule has 0 aliphatic carbocycles. The monoisotopic (exact) mass is 326 g/mol. The summed E-state index contributed by atoms with van der Waals surface area (Å²) < 4.78 is 4.73. The maximum Gasteiger partial charge on any atom is 0.407 e. The first-order chi connectivity index (χ1) is 11.2. The second-order valence-electron chi connectivity index (χ2n) is 5.67. The second-order valence-corrected chi connectivity index (χ2v) is 5.67. The largest absolute Gasteiger partial charge is 0.439 e. The minimum Gasteiger partial charge on any atom is -0.439 e. The lowest BCUT2D eigenvalue weighted by molar-refractivity contribution is -0.123. The molecule has 0 heterocycles. The Bertz CT molecular complexity index is 330. The van der Waals surface area contributed by atoms with Gasteiger partial charge in [-0.3, -0.25) is 4.79 Å². The third-order valence-corrected chi connectivity index (χ3v) is 3.58. The summed E-state index contributed by atoms with van der Waals surface area (Å²) in [5, 5.41) is 5.04. The first kappa shape index (κ1) is 21.5. The highest BCUT2D eigenvalue weighted by Gasteiger charge is 2.04. The standard InChI is InChI=1S/C18H34N2O3/c1-3-4-5-6-7-8-9-10-11-12-13-14-15-20-18(22)23-16-17(21)19-2/h4-5H,3,6-16H2,1-2H3,(H,19,21)(H,20,22). The summed E-state index contributed by atoms with van der Waals surface area (Å²) in [6.07, 6.45) is 16.2. The lowest BCUT2D eigenvalue weighted by atomic mass is 10.1. The van der Waals surface area contributed by atoms with Crippen molar-refractivity contribution in [2.75, 3.05) is 20.2 Å². The Morgan fingerprint density at radius 1 is 0.913 bits per heavy atom. The number of likely N-dealkylation sites (N-methyl/N-ethyl adjacent to an activating group) is 1. The van der Waals surface area contributed by atoms with Gasteiger partial charge in [0, 0.05) is 13.6 Å². The molecule has 0 spiro atoms. The molecule has 5 nitrogen and oxygen atoms in total. The highest BCUT2D eigenvalue weighted by Crippen LogP contribution is 2.09. The Balaban J connectivity index is 3.20. The number of allylic oxidation sites excluding steroid dienone is 2. The van der Waals surface area contributed by atoms with Crippen LogP contribution in [-0.2, 0) is 9.53 Å². The molecular formula is C18H34N2O3. The van der Waals surface area contributed by atoms with E-state index in [9.17, 15) is 9.59 Å². The van der Waals surface area contributed by atoms with E-state index >= 15 is 0 Å². The van der Waals surface area contributed by atoms with Gasteiger partial charge in [-0.1, -0.05) is 57.6 Å². The highest BCUT2D eigenvalue weighted by atomic mass is 16.6. The van der Waals surface area contributed by atoms with Crippen molar-refractivity contribution in [1.82, 2.24) is 10.6 Å². The molecule has 0 bridgehead atoms. The van der Waals surface area contributed by atoms with E-state index in [-0.39, 0.29) is 12.5 Å². The Morgan fingerprint density at radius 2 is 1.52 bits per heavy atom. The fourth-order valence-electron chi connectivity index (χ4n) is 2.18. The third kappa shape index (κ3) is 16.7. The van der Waals surface area contributed by atoms with Crippen LogP contribution in [0.25, 0.3) is 0 Å². The number of amides is 2. The van der Waals surface area contributed by atoms with Crippen LogP contribution in [0.5, 0.6) is 0 Å². The minimum atomic E-state index is -0.522. The predicted molar refractivity (Wildman–Crippen MR) is 94.4 cm³/mol. The summed E-state index contributed by atoms with van der Waals surface area (Å²) in [5.74, 6) is -0.304. The number of hydrogen-bond acceptors (Lipinski definition) is 3. The number of rotatable bonds is 14. The average Bonchev–Trinajstić information content (AvgIpc) is 2.56. The van der Waals surface area contributed by atoms with Crippen molar-refractivity contribution in [3.8, 4) is 0 Å². The molecule has 134 valence electrons. The molecule has 0 saturated heterocycles. The van der Waals surface area contributed by atoms with Crippen molar-refractivity contribution in [2.24, 2.45) is 0 Å². The van der Waals surface area contributed by atoms with Crippen molar-refractivity contribution < 1.29 is 14.3 Å². The summed E-state index contributed by atoms with van der Waals surface area (Å²) in [5.41, 5.74) is 0. The van der Waals surface area contributed by atoms with Crippen LogP contribution in [0.1, 0.15) is 71.1 Å². The van der Waals surface area contributed by atoms with Crippen molar-refractivity contribution in [2.45, 2.75) is 71.1 Å². The molecule has 23 heavy (non-hydrogen) atoms. The van der Waals surface area contributed by atoms with Crippen molar-refractivity contribution in [1.29, 1.82) is 0 Å². The summed E-state index contributed by atoms with van der Waals surface area (Å²) >= 11 is 0. The zero-order valence-electron chi connectivity index (χ0n) is 14.9. The molecule has 0 saturated carbocycles. The van der Waals surface area contributed by atoms with Gasteiger partial charge < -0.3 is 15.4 Å². The van der Waals surface area contributed by atoms with Crippen molar-refractivity contribution in [3.05, 3.63) is 12.2 Å². The maximum atomic E-state index is 11.2. The van der Waals surface area contributed by atoms with Crippen LogP contribution >= 0.6 is 0 Å². The van der Waals surface area contributed by atoms with E-state index in [1.165, 1.54) is 52.0 Å². The Morgan fingerprint density at radius 3 is 2.13 bits per heavy atom. The normalized spacial score (nSPS) is 10.7. The predicted octanol–water partition coefficient (Wildman–Crippen LogP) is 3.94. The molecule has 0 radical (unpaired) electrons.